The van der Waals surface area contributed by atoms with Crippen LogP contribution in [0.4, 0.5) is 4.39 Å². The summed E-state index contributed by atoms with van der Waals surface area (Å²) < 4.78 is 17.8. The number of halogens is 3. The van der Waals surface area contributed by atoms with E-state index in [1.165, 1.54) is 6.07 Å². The number of benzene rings is 2. The molecule has 0 aliphatic rings. The normalized spacial score (nSPS) is 11.2. The Bertz CT molecular complexity index is 885. The highest BCUT2D eigenvalue weighted by molar-refractivity contribution is 14.1. The summed E-state index contributed by atoms with van der Waals surface area (Å²) in [5.74, 6) is -0.241. The molecule has 0 saturated carbocycles. The lowest BCUT2D eigenvalue weighted by atomic mass is 10.2. The number of rotatable bonds is 1. The fraction of sp³-hybridized carbons (Fsp3) is 0.0714. The van der Waals surface area contributed by atoms with Gasteiger partial charge in [0.05, 0.1) is 14.6 Å². The molecular weight excluding hydrogens is 454 g/mol. The summed E-state index contributed by atoms with van der Waals surface area (Å²) >= 11 is 10.8. The molecule has 3 rings (SSSR count). The van der Waals surface area contributed by atoms with Crippen LogP contribution in [0.5, 0.6) is 0 Å². The zero-order valence-electron chi connectivity index (χ0n) is 10.4. The largest absolute Gasteiger partial charge is 0.330 e. The third kappa shape index (κ3) is 2.33. The second kappa shape index (κ2) is 5.23. The zero-order valence-corrected chi connectivity index (χ0v) is 14.9. The first kappa shape index (κ1) is 14.2. The van der Waals surface area contributed by atoms with Crippen LogP contribution in [0.1, 0.15) is 5.56 Å². The Morgan fingerprint density at radius 2 is 2.05 bits per heavy atom. The fourth-order valence-corrected chi connectivity index (χ4v) is 3.15. The minimum atomic E-state index is -0.241. The number of aromatic amines is 1. The van der Waals surface area contributed by atoms with Crippen LogP contribution in [0.15, 0.2) is 34.8 Å². The quantitative estimate of drug-likeness (QED) is 0.374. The minimum absolute atomic E-state index is 0.241. The van der Waals surface area contributed by atoms with Crippen molar-refractivity contribution in [2.45, 2.75) is 6.92 Å². The van der Waals surface area contributed by atoms with Gasteiger partial charge in [0, 0.05) is 16.2 Å². The SMILES string of the molecule is Cc1cc(-n2c(=S)[nH]c3cc(I)c(F)cc32)ccc1Br. The lowest BCUT2D eigenvalue weighted by molar-refractivity contribution is 0.622. The van der Waals surface area contributed by atoms with E-state index < -0.39 is 0 Å². The van der Waals surface area contributed by atoms with Gasteiger partial charge >= 0.3 is 0 Å². The Hall–Kier alpha value is -0.730. The van der Waals surface area contributed by atoms with E-state index in [2.05, 4.69) is 20.9 Å². The first-order valence-corrected chi connectivity index (χ1v) is 8.11. The van der Waals surface area contributed by atoms with Crippen molar-refractivity contribution in [2.24, 2.45) is 0 Å². The third-order valence-corrected chi connectivity index (χ3v) is 5.13. The second-order valence-corrected chi connectivity index (χ2v) is 6.89. The number of hydrogen-bond donors (Lipinski definition) is 1. The van der Waals surface area contributed by atoms with Crippen LogP contribution in [0.3, 0.4) is 0 Å². The molecule has 0 saturated heterocycles. The Morgan fingerprint density at radius 3 is 2.75 bits per heavy atom. The highest BCUT2D eigenvalue weighted by atomic mass is 127. The summed E-state index contributed by atoms with van der Waals surface area (Å²) in [4.78, 5) is 3.12. The highest BCUT2D eigenvalue weighted by Gasteiger charge is 2.10. The molecule has 6 heteroatoms. The number of fused-ring (bicyclic) bond motifs is 1. The van der Waals surface area contributed by atoms with E-state index >= 15 is 0 Å². The number of nitrogens with one attached hydrogen (secondary N) is 1. The van der Waals surface area contributed by atoms with Crippen molar-refractivity contribution in [3.05, 3.63) is 54.5 Å². The highest BCUT2D eigenvalue weighted by Crippen LogP contribution is 2.26. The van der Waals surface area contributed by atoms with Gasteiger partial charge in [-0.05, 0) is 71.6 Å². The van der Waals surface area contributed by atoms with E-state index in [1.807, 2.05) is 52.3 Å². The molecule has 1 aromatic heterocycles. The van der Waals surface area contributed by atoms with Gasteiger partial charge in [0.1, 0.15) is 5.82 Å². The predicted molar refractivity (Wildman–Crippen MR) is 93.6 cm³/mol. The van der Waals surface area contributed by atoms with Crippen molar-refractivity contribution in [3.63, 3.8) is 0 Å². The third-order valence-electron chi connectivity index (χ3n) is 3.12. The Labute approximate surface area is 142 Å². The monoisotopic (exact) mass is 462 g/mol. The molecule has 0 bridgehead atoms. The van der Waals surface area contributed by atoms with E-state index in [0.717, 1.165) is 26.8 Å². The molecular formula is C14H9BrFIN2S. The topological polar surface area (TPSA) is 20.7 Å². The van der Waals surface area contributed by atoms with Crippen LogP contribution < -0.4 is 0 Å². The lowest BCUT2D eigenvalue weighted by Gasteiger charge is -2.07. The van der Waals surface area contributed by atoms with Crippen LogP contribution in [0.25, 0.3) is 16.7 Å². The van der Waals surface area contributed by atoms with Crippen LogP contribution in [0.2, 0.25) is 0 Å². The molecule has 0 radical (unpaired) electrons. The van der Waals surface area contributed by atoms with Crippen molar-refractivity contribution >= 4 is 61.8 Å². The number of H-pyrrole nitrogens is 1. The molecule has 102 valence electrons. The summed E-state index contributed by atoms with van der Waals surface area (Å²) in [5, 5.41) is 0. The summed E-state index contributed by atoms with van der Waals surface area (Å²) in [6.07, 6.45) is 0. The second-order valence-electron chi connectivity index (χ2n) is 4.48. The Kier molecular flexibility index (Phi) is 3.72. The smallest absolute Gasteiger partial charge is 0.182 e. The van der Waals surface area contributed by atoms with Crippen molar-refractivity contribution < 1.29 is 4.39 Å². The molecule has 0 aliphatic heterocycles. The maximum absolute atomic E-state index is 13.8. The molecule has 20 heavy (non-hydrogen) atoms. The molecule has 1 N–H and O–H groups in total. The summed E-state index contributed by atoms with van der Waals surface area (Å²) in [6, 6.07) is 9.22. The van der Waals surface area contributed by atoms with Crippen molar-refractivity contribution in [1.82, 2.24) is 9.55 Å². The van der Waals surface area contributed by atoms with E-state index in [-0.39, 0.29) is 5.82 Å². The van der Waals surface area contributed by atoms with Crippen molar-refractivity contribution in [2.75, 3.05) is 0 Å². The number of hydrogen-bond acceptors (Lipinski definition) is 1. The van der Waals surface area contributed by atoms with Gasteiger partial charge in [-0.2, -0.15) is 0 Å². The maximum Gasteiger partial charge on any atom is 0.182 e. The van der Waals surface area contributed by atoms with E-state index in [4.69, 9.17) is 12.2 Å². The molecule has 0 unspecified atom stereocenters. The molecule has 0 atom stereocenters. The van der Waals surface area contributed by atoms with Gasteiger partial charge in [0.15, 0.2) is 4.77 Å². The van der Waals surface area contributed by atoms with Gasteiger partial charge in [-0.25, -0.2) is 4.39 Å². The first-order chi connectivity index (χ1) is 9.47. The van der Waals surface area contributed by atoms with Crippen LogP contribution in [-0.4, -0.2) is 9.55 Å². The average molecular weight is 463 g/mol. The number of nitrogens with zero attached hydrogens (tertiary/aromatic N) is 1. The molecule has 2 nitrogen and oxygen atoms in total. The Morgan fingerprint density at radius 1 is 1.30 bits per heavy atom. The molecule has 1 heterocycles. The first-order valence-electron chi connectivity index (χ1n) is 5.83. The van der Waals surface area contributed by atoms with Crippen molar-refractivity contribution in [1.29, 1.82) is 0 Å². The fourth-order valence-electron chi connectivity index (χ4n) is 2.13. The van der Waals surface area contributed by atoms with Gasteiger partial charge in [-0.15, -0.1) is 0 Å². The number of aryl methyl sites for hydroxylation is 1. The van der Waals surface area contributed by atoms with Gasteiger partial charge in [0.25, 0.3) is 0 Å². The van der Waals surface area contributed by atoms with Crippen LogP contribution >= 0.6 is 50.7 Å². The minimum Gasteiger partial charge on any atom is -0.330 e. The van der Waals surface area contributed by atoms with Crippen molar-refractivity contribution in [3.8, 4) is 5.69 Å². The van der Waals surface area contributed by atoms with Gasteiger partial charge in [0.2, 0.25) is 0 Å². The molecule has 0 fully saturated rings. The van der Waals surface area contributed by atoms with E-state index in [9.17, 15) is 4.39 Å². The van der Waals surface area contributed by atoms with Gasteiger partial charge in [-0.3, -0.25) is 4.57 Å². The van der Waals surface area contributed by atoms with Crippen LogP contribution in [-0.2, 0) is 0 Å². The maximum atomic E-state index is 13.8. The predicted octanol–water partition coefficient (Wildman–Crippen LogP) is 5.50. The van der Waals surface area contributed by atoms with Crippen LogP contribution in [0, 0.1) is 21.1 Å². The van der Waals surface area contributed by atoms with Gasteiger partial charge in [-0.1, -0.05) is 15.9 Å². The molecule has 3 aromatic rings. The zero-order chi connectivity index (χ0) is 14.4. The number of imidazole rings is 1. The lowest BCUT2D eigenvalue weighted by Crippen LogP contribution is -1.95. The van der Waals surface area contributed by atoms with E-state index in [0.29, 0.717) is 8.34 Å². The summed E-state index contributed by atoms with van der Waals surface area (Å²) in [6.45, 7) is 2.01. The molecule has 0 aliphatic carbocycles. The number of aromatic nitrogens is 2. The van der Waals surface area contributed by atoms with Gasteiger partial charge < -0.3 is 4.98 Å². The standard InChI is InChI=1S/C14H9BrFIN2S/c1-7-4-8(2-3-9(7)15)19-13-5-10(16)11(17)6-12(13)18-14(19)20/h2-6H,1H3,(H,18,20). The molecule has 0 amide bonds. The summed E-state index contributed by atoms with van der Waals surface area (Å²) in [7, 11) is 0. The molecule has 0 spiro atoms. The van der Waals surface area contributed by atoms with E-state index in [1.54, 1.807) is 6.07 Å². The molecule has 2 aromatic carbocycles. The Balaban J connectivity index is 2.35. The average Bonchev–Trinajstić information content (AvgIpc) is 2.69. The summed E-state index contributed by atoms with van der Waals surface area (Å²) in [5.41, 5.74) is 3.60.